The Morgan fingerprint density at radius 3 is 1.49 bits per heavy atom. The van der Waals surface area contributed by atoms with Crippen molar-refractivity contribution in [3.63, 3.8) is 0 Å². The molecular formula is C40H27FN8O6. The van der Waals surface area contributed by atoms with Crippen LogP contribution in [-0.2, 0) is 0 Å². The summed E-state index contributed by atoms with van der Waals surface area (Å²) in [5.41, 5.74) is 4.25. The number of carbonyl (C=O) groups is 3. The first-order chi connectivity index (χ1) is 26.7. The number of fused-ring (bicyclic) bond motifs is 3. The molecule has 0 fully saturated rings. The molecule has 0 bridgehead atoms. The number of aromatic nitrogens is 8. The molecule has 0 amide bonds. The molecule has 15 heteroatoms. The number of para-hydroxylation sites is 1. The van der Waals surface area contributed by atoms with Crippen LogP contribution in [0.5, 0.6) is 0 Å². The molecule has 0 aliphatic rings. The van der Waals surface area contributed by atoms with Gasteiger partial charge in [-0.25, -0.2) is 43.4 Å². The highest BCUT2D eigenvalue weighted by Crippen LogP contribution is 2.22. The molecule has 4 aromatic carbocycles. The number of hydrogen-bond donors (Lipinski definition) is 3. The van der Waals surface area contributed by atoms with Crippen molar-refractivity contribution < 1.29 is 34.1 Å². The first-order valence-corrected chi connectivity index (χ1v) is 16.4. The van der Waals surface area contributed by atoms with Crippen LogP contribution in [0.25, 0.3) is 50.3 Å². The summed E-state index contributed by atoms with van der Waals surface area (Å²) in [7, 11) is 0. The minimum atomic E-state index is -0.979. The summed E-state index contributed by atoms with van der Waals surface area (Å²) < 4.78 is 18.1. The largest absolute Gasteiger partial charge is 0.478 e. The third-order valence-electron chi connectivity index (χ3n) is 8.28. The zero-order chi connectivity index (χ0) is 38.5. The second kappa shape index (κ2) is 15.3. The number of carboxylic acids is 3. The van der Waals surface area contributed by atoms with Gasteiger partial charge >= 0.3 is 17.9 Å². The fourth-order valence-corrected chi connectivity index (χ4v) is 5.69. The molecule has 0 saturated heterocycles. The Labute approximate surface area is 309 Å². The van der Waals surface area contributed by atoms with Gasteiger partial charge in [0, 0.05) is 40.9 Å². The van der Waals surface area contributed by atoms with E-state index in [1.807, 2.05) is 47.2 Å². The van der Waals surface area contributed by atoms with Crippen LogP contribution < -0.4 is 0 Å². The molecule has 0 saturated carbocycles. The van der Waals surface area contributed by atoms with Gasteiger partial charge in [0.2, 0.25) is 11.9 Å². The zero-order valence-electron chi connectivity index (χ0n) is 28.4. The first-order valence-electron chi connectivity index (χ1n) is 16.4. The van der Waals surface area contributed by atoms with Gasteiger partial charge in [0.15, 0.2) is 5.82 Å². The van der Waals surface area contributed by atoms with E-state index in [1.54, 1.807) is 94.7 Å². The van der Waals surface area contributed by atoms with Gasteiger partial charge in [0.25, 0.3) is 0 Å². The maximum absolute atomic E-state index is 12.8. The van der Waals surface area contributed by atoms with Crippen molar-refractivity contribution in [2.75, 3.05) is 0 Å². The van der Waals surface area contributed by atoms with Crippen molar-refractivity contribution >= 4 is 50.6 Å². The number of aromatic carboxylic acids is 3. The molecule has 0 unspecified atom stereocenters. The van der Waals surface area contributed by atoms with Crippen LogP contribution >= 0.6 is 0 Å². The van der Waals surface area contributed by atoms with E-state index in [-0.39, 0.29) is 16.7 Å². The Kier molecular flexibility index (Phi) is 9.81. The van der Waals surface area contributed by atoms with E-state index in [2.05, 4.69) is 25.0 Å². The number of halogens is 1. The highest BCUT2D eigenvalue weighted by molar-refractivity contribution is 5.95. The van der Waals surface area contributed by atoms with Crippen LogP contribution in [0.15, 0.2) is 147 Å². The Balaban J connectivity index is 0.000000127. The highest BCUT2D eigenvalue weighted by atomic mass is 19.1. The van der Waals surface area contributed by atoms with E-state index in [9.17, 15) is 18.8 Å². The third-order valence-corrected chi connectivity index (χ3v) is 8.28. The smallest absolute Gasteiger partial charge is 0.335 e. The molecule has 9 rings (SSSR count). The topological polar surface area (TPSA) is 191 Å². The van der Waals surface area contributed by atoms with Crippen LogP contribution in [0.2, 0.25) is 0 Å². The molecule has 0 atom stereocenters. The normalized spacial score (nSPS) is 10.7. The van der Waals surface area contributed by atoms with Crippen molar-refractivity contribution in [3.8, 4) is 17.6 Å². The molecule has 0 spiro atoms. The molecule has 0 aliphatic carbocycles. The maximum atomic E-state index is 12.8. The van der Waals surface area contributed by atoms with Crippen LogP contribution in [0, 0.1) is 5.82 Å². The number of benzene rings is 4. The summed E-state index contributed by atoms with van der Waals surface area (Å²) in [6.07, 6.45) is 10.7. The molecule has 0 aliphatic heterocycles. The average molecular weight is 735 g/mol. The lowest BCUT2D eigenvalue weighted by molar-refractivity contribution is 0.0686. The number of rotatable bonds is 6. The molecular weight excluding hydrogens is 707 g/mol. The standard InChI is InChI=1S/C14H10N2O2.C13H8FN3O2.C13H9N3O2/c17-14(18)10-6-7-13-11(8-10)9-15-16(13)12-4-2-1-3-5-12;14-10-6-15-13(16-7-10)17-4-3-8-5-9(12(18)19)1-2-11(8)17;17-12(18)10-2-3-11-9(8-10)4-7-16(11)13-14-5-1-6-15-13/h1-9H,(H,17,18);1-7H,(H,18,19);1-8H,(H,17,18). The minimum Gasteiger partial charge on any atom is -0.478 e. The summed E-state index contributed by atoms with van der Waals surface area (Å²) in [6.45, 7) is 0. The molecule has 55 heavy (non-hydrogen) atoms. The average Bonchev–Trinajstić information content (AvgIpc) is 3.96. The fraction of sp³-hybridized carbons (Fsp3) is 0. The van der Waals surface area contributed by atoms with Gasteiger partial charge in [-0.1, -0.05) is 18.2 Å². The summed E-state index contributed by atoms with van der Waals surface area (Å²) in [6, 6.07) is 29.8. The van der Waals surface area contributed by atoms with Crippen molar-refractivity contribution in [3.05, 3.63) is 169 Å². The lowest BCUT2D eigenvalue weighted by Gasteiger charge is -2.03. The van der Waals surface area contributed by atoms with Crippen LogP contribution in [0.1, 0.15) is 31.1 Å². The van der Waals surface area contributed by atoms with Gasteiger partial charge in [-0.3, -0.25) is 9.13 Å². The summed E-state index contributed by atoms with van der Waals surface area (Å²) in [4.78, 5) is 48.8. The molecule has 5 heterocycles. The summed E-state index contributed by atoms with van der Waals surface area (Å²) in [5.74, 6) is -2.44. The highest BCUT2D eigenvalue weighted by Gasteiger charge is 2.11. The second-order valence-corrected chi connectivity index (χ2v) is 11.7. The number of carboxylic acid groups (broad SMARTS) is 3. The zero-order valence-corrected chi connectivity index (χ0v) is 28.4. The molecule has 14 nitrogen and oxygen atoms in total. The van der Waals surface area contributed by atoms with E-state index in [1.165, 1.54) is 6.07 Å². The van der Waals surface area contributed by atoms with Crippen molar-refractivity contribution in [2.24, 2.45) is 0 Å². The Hall–Kier alpha value is -8.07. The Bertz CT molecular complexity index is 2690. The van der Waals surface area contributed by atoms with Gasteiger partial charge in [0.1, 0.15) is 0 Å². The second-order valence-electron chi connectivity index (χ2n) is 11.7. The Morgan fingerprint density at radius 1 is 0.509 bits per heavy atom. The van der Waals surface area contributed by atoms with Gasteiger partial charge < -0.3 is 15.3 Å². The van der Waals surface area contributed by atoms with E-state index >= 15 is 0 Å². The summed E-state index contributed by atoms with van der Waals surface area (Å²) >= 11 is 0. The Morgan fingerprint density at radius 2 is 0.982 bits per heavy atom. The van der Waals surface area contributed by atoms with Crippen LogP contribution in [0.3, 0.4) is 0 Å². The van der Waals surface area contributed by atoms with Gasteiger partial charge in [-0.15, -0.1) is 0 Å². The van der Waals surface area contributed by atoms with Crippen molar-refractivity contribution in [1.82, 2.24) is 38.9 Å². The van der Waals surface area contributed by atoms with Crippen molar-refractivity contribution in [1.29, 1.82) is 0 Å². The van der Waals surface area contributed by atoms with Gasteiger partial charge in [0.05, 0.1) is 57.5 Å². The number of nitrogens with zero attached hydrogens (tertiary/aromatic N) is 8. The van der Waals surface area contributed by atoms with Gasteiger partial charge in [-0.05, 0) is 84.9 Å². The lowest BCUT2D eigenvalue weighted by atomic mass is 10.1. The molecule has 270 valence electrons. The molecule has 9 aromatic rings. The van der Waals surface area contributed by atoms with Gasteiger partial charge in [-0.2, -0.15) is 5.10 Å². The van der Waals surface area contributed by atoms with E-state index in [4.69, 9.17) is 15.3 Å². The third kappa shape index (κ3) is 7.61. The van der Waals surface area contributed by atoms with E-state index in [0.29, 0.717) is 11.9 Å². The maximum Gasteiger partial charge on any atom is 0.335 e. The fourth-order valence-electron chi connectivity index (χ4n) is 5.69. The quantitative estimate of drug-likeness (QED) is 0.158. The summed E-state index contributed by atoms with van der Waals surface area (Å²) in [5, 5.41) is 33.5. The molecule has 3 N–H and O–H groups in total. The van der Waals surface area contributed by atoms with Crippen LogP contribution in [-0.4, -0.2) is 72.1 Å². The minimum absolute atomic E-state index is 0.213. The monoisotopic (exact) mass is 734 g/mol. The molecule has 5 aromatic heterocycles. The lowest BCUT2D eigenvalue weighted by Crippen LogP contribution is -2.00. The van der Waals surface area contributed by atoms with Crippen molar-refractivity contribution in [2.45, 2.75) is 0 Å². The SMILES string of the molecule is O=C(O)c1ccc2c(ccn2-c2ncc(F)cn2)c1.O=C(O)c1ccc2c(ccn2-c2ncccn2)c1.O=C(O)c1ccc2c(cnn2-c2ccccc2)c1. The molecule has 0 radical (unpaired) electrons. The first kappa shape index (κ1) is 35.3. The van der Waals surface area contributed by atoms with Crippen LogP contribution in [0.4, 0.5) is 4.39 Å². The number of hydrogen-bond acceptors (Lipinski definition) is 8. The predicted molar refractivity (Wildman–Crippen MR) is 200 cm³/mol. The predicted octanol–water partition coefficient (Wildman–Crippen LogP) is 7.10. The van der Waals surface area contributed by atoms with E-state index < -0.39 is 23.7 Å². The van der Waals surface area contributed by atoms with E-state index in [0.717, 1.165) is 50.8 Å².